The molecule has 35 heavy (non-hydrogen) atoms. The van der Waals surface area contributed by atoms with Crippen LogP contribution in [0.1, 0.15) is 81.0 Å². The summed E-state index contributed by atoms with van der Waals surface area (Å²) in [5, 5.41) is 3.87. The van der Waals surface area contributed by atoms with Crippen LogP contribution in [0.3, 0.4) is 0 Å². The number of carbonyl (C=O) groups excluding carboxylic acids is 2. The third-order valence-electron chi connectivity index (χ3n) is 9.19. The summed E-state index contributed by atoms with van der Waals surface area (Å²) in [4.78, 5) is 47.0. The lowest BCUT2D eigenvalue weighted by Gasteiger charge is -2.59. The highest BCUT2D eigenvalue weighted by atomic mass is 32.1. The number of nitrogens with zero attached hydrogens (tertiary/aromatic N) is 1. The maximum atomic E-state index is 12.7. The van der Waals surface area contributed by atoms with E-state index in [-0.39, 0.29) is 42.4 Å². The van der Waals surface area contributed by atoms with E-state index >= 15 is 0 Å². The van der Waals surface area contributed by atoms with Gasteiger partial charge in [-0.05, 0) is 99.9 Å². The second-order valence-corrected chi connectivity index (χ2v) is 12.7. The summed E-state index contributed by atoms with van der Waals surface area (Å²) >= 11 is 1.60. The lowest BCUT2D eigenvalue weighted by molar-refractivity contribution is -0.149. The van der Waals surface area contributed by atoms with E-state index in [1.165, 1.54) is 43.4 Å². The Kier molecular flexibility index (Phi) is 5.98. The lowest BCUT2D eigenvalue weighted by Crippen LogP contribution is -2.56. The molecule has 8 heteroatoms. The van der Waals surface area contributed by atoms with Crippen molar-refractivity contribution >= 4 is 33.4 Å². The highest BCUT2D eigenvalue weighted by Crippen LogP contribution is 2.61. The van der Waals surface area contributed by atoms with E-state index in [2.05, 4.69) is 22.2 Å². The molecule has 2 N–H and O–H groups in total. The molecule has 2 heterocycles. The van der Waals surface area contributed by atoms with E-state index in [1.54, 1.807) is 11.3 Å². The molecule has 1 amide bonds. The Balaban J connectivity index is 1.00. The average molecular weight is 498 g/mol. The van der Waals surface area contributed by atoms with Crippen molar-refractivity contribution in [2.45, 2.75) is 90.0 Å². The molecule has 188 valence electrons. The van der Waals surface area contributed by atoms with Crippen LogP contribution < -0.4 is 10.9 Å². The second kappa shape index (κ2) is 9.02. The number of amides is 1. The Morgan fingerprint density at radius 1 is 1.14 bits per heavy atom. The van der Waals surface area contributed by atoms with Gasteiger partial charge in [0.2, 0.25) is 0 Å². The zero-order valence-electron chi connectivity index (χ0n) is 20.5. The molecule has 4 saturated carbocycles. The van der Waals surface area contributed by atoms with Crippen LogP contribution in [0, 0.1) is 23.2 Å². The molecule has 0 radical (unpaired) electrons. The molecule has 0 spiro atoms. The molecule has 4 bridgehead atoms. The van der Waals surface area contributed by atoms with Crippen molar-refractivity contribution in [1.29, 1.82) is 0 Å². The minimum absolute atomic E-state index is 0.0807. The predicted octanol–water partition coefficient (Wildman–Crippen LogP) is 4.06. The number of thiophene rings is 1. The summed E-state index contributed by atoms with van der Waals surface area (Å²) in [6.45, 7) is 1.88. The molecular weight excluding hydrogens is 462 g/mol. The Labute approximate surface area is 209 Å². The maximum Gasteiger partial charge on any atom is 0.306 e. The fraction of sp³-hybridized carbons (Fsp3) is 0.704. The van der Waals surface area contributed by atoms with Gasteiger partial charge in [-0.1, -0.05) is 0 Å². The van der Waals surface area contributed by atoms with E-state index in [1.807, 2.05) is 0 Å². The zero-order valence-corrected chi connectivity index (χ0v) is 21.3. The summed E-state index contributed by atoms with van der Waals surface area (Å²) in [6, 6.07) is 0.111. The Morgan fingerprint density at radius 3 is 2.54 bits per heavy atom. The van der Waals surface area contributed by atoms with Crippen LogP contribution in [0.25, 0.3) is 10.2 Å². The van der Waals surface area contributed by atoms with E-state index in [4.69, 9.17) is 4.74 Å². The molecular formula is C27H35N3O4S. The average Bonchev–Trinajstić information content (AvgIpc) is 3.19. The van der Waals surface area contributed by atoms with Gasteiger partial charge in [-0.3, -0.25) is 14.4 Å². The van der Waals surface area contributed by atoms with E-state index in [0.717, 1.165) is 59.2 Å². The molecule has 0 aliphatic heterocycles. The number of nitrogens with one attached hydrogen (secondary N) is 2. The topological polar surface area (TPSA) is 101 Å². The monoisotopic (exact) mass is 497 g/mol. The summed E-state index contributed by atoms with van der Waals surface area (Å²) in [7, 11) is 0. The number of aromatic amines is 1. The second-order valence-electron chi connectivity index (χ2n) is 11.6. The molecule has 1 unspecified atom stereocenters. The van der Waals surface area contributed by atoms with E-state index in [0.29, 0.717) is 5.82 Å². The number of esters is 1. The minimum atomic E-state index is -0.448. The number of hydrogen-bond acceptors (Lipinski definition) is 6. The Morgan fingerprint density at radius 2 is 1.83 bits per heavy atom. The van der Waals surface area contributed by atoms with Crippen LogP contribution in [0.15, 0.2) is 4.79 Å². The summed E-state index contributed by atoms with van der Waals surface area (Å²) in [6.07, 6.45) is 12.4. The molecule has 2 aromatic rings. The van der Waals surface area contributed by atoms with Crippen molar-refractivity contribution in [3.05, 3.63) is 26.6 Å². The van der Waals surface area contributed by atoms with Gasteiger partial charge in [-0.25, -0.2) is 4.98 Å². The highest BCUT2D eigenvalue weighted by Gasteiger charge is 2.53. The first-order valence-corrected chi connectivity index (χ1v) is 14.2. The number of ether oxygens (including phenoxy) is 1. The molecule has 7 rings (SSSR count). The first-order valence-electron chi connectivity index (χ1n) is 13.4. The highest BCUT2D eigenvalue weighted by molar-refractivity contribution is 7.18. The number of rotatable bonds is 7. The van der Waals surface area contributed by atoms with Gasteiger partial charge < -0.3 is 15.0 Å². The van der Waals surface area contributed by atoms with Crippen molar-refractivity contribution in [2.75, 3.05) is 6.61 Å². The standard InChI is InChI=1S/C27H35N3O4S/c1-15(27-11-16-8-17(12-27)10-18(9-16)13-27)28-22(31)14-34-23(32)7-6-21-29-25(33)24-19-4-2-3-5-20(19)35-26(24)30-21/h15-18H,2-14H2,1H3,(H,28,31)(H,29,30,33). The van der Waals surface area contributed by atoms with Crippen LogP contribution in [0.4, 0.5) is 0 Å². The first kappa shape index (κ1) is 23.2. The molecule has 0 aromatic carbocycles. The molecule has 2 aromatic heterocycles. The summed E-state index contributed by atoms with van der Waals surface area (Å²) in [5.74, 6) is 2.32. The number of aromatic nitrogens is 2. The summed E-state index contributed by atoms with van der Waals surface area (Å²) in [5.41, 5.74) is 1.27. The molecule has 1 atom stereocenters. The Hall–Kier alpha value is -2.22. The molecule has 5 aliphatic rings. The van der Waals surface area contributed by atoms with Gasteiger partial charge in [0.25, 0.3) is 11.5 Å². The van der Waals surface area contributed by atoms with Crippen molar-refractivity contribution < 1.29 is 14.3 Å². The maximum absolute atomic E-state index is 12.7. The molecule has 7 nitrogen and oxygen atoms in total. The van der Waals surface area contributed by atoms with E-state index < -0.39 is 5.97 Å². The number of carbonyl (C=O) groups is 2. The smallest absolute Gasteiger partial charge is 0.306 e. The van der Waals surface area contributed by atoms with Crippen LogP contribution in [-0.4, -0.2) is 34.5 Å². The number of fused-ring (bicyclic) bond motifs is 3. The third kappa shape index (κ3) is 4.43. The Bertz CT molecular complexity index is 1180. The summed E-state index contributed by atoms with van der Waals surface area (Å²) < 4.78 is 5.26. The van der Waals surface area contributed by atoms with Gasteiger partial charge in [0.05, 0.1) is 11.8 Å². The van der Waals surface area contributed by atoms with Crippen LogP contribution >= 0.6 is 11.3 Å². The normalized spacial score (nSPS) is 29.7. The van der Waals surface area contributed by atoms with Crippen molar-refractivity contribution in [2.24, 2.45) is 23.2 Å². The van der Waals surface area contributed by atoms with E-state index in [9.17, 15) is 14.4 Å². The van der Waals surface area contributed by atoms with Crippen molar-refractivity contribution in [3.63, 3.8) is 0 Å². The number of H-pyrrole nitrogens is 1. The SMILES string of the molecule is CC(NC(=O)COC(=O)CCc1nc2sc3c(c2c(=O)[nH]1)CCCC3)C12CC3CC(CC(C3)C1)C2. The third-order valence-corrected chi connectivity index (χ3v) is 10.4. The van der Waals surface area contributed by atoms with Gasteiger partial charge in [-0.2, -0.15) is 0 Å². The van der Waals surface area contributed by atoms with Crippen LogP contribution in [0.2, 0.25) is 0 Å². The fourth-order valence-electron chi connectivity index (χ4n) is 7.91. The molecule has 0 saturated heterocycles. The van der Waals surface area contributed by atoms with Gasteiger partial charge in [0.15, 0.2) is 6.61 Å². The first-order chi connectivity index (χ1) is 16.9. The minimum Gasteiger partial charge on any atom is -0.456 e. The zero-order chi connectivity index (χ0) is 24.2. The van der Waals surface area contributed by atoms with Crippen LogP contribution in [-0.2, 0) is 33.6 Å². The predicted molar refractivity (Wildman–Crippen MR) is 134 cm³/mol. The quantitative estimate of drug-likeness (QED) is 0.562. The molecule has 5 aliphatic carbocycles. The number of aryl methyl sites for hydroxylation is 3. The van der Waals surface area contributed by atoms with Gasteiger partial charge >= 0.3 is 5.97 Å². The van der Waals surface area contributed by atoms with Gasteiger partial charge in [-0.15, -0.1) is 11.3 Å². The van der Waals surface area contributed by atoms with Crippen molar-refractivity contribution in [1.82, 2.24) is 15.3 Å². The number of hydrogen-bond donors (Lipinski definition) is 2. The van der Waals surface area contributed by atoms with Crippen molar-refractivity contribution in [3.8, 4) is 0 Å². The fourth-order valence-corrected chi connectivity index (χ4v) is 9.19. The van der Waals surface area contributed by atoms with Crippen LogP contribution in [0.5, 0.6) is 0 Å². The van der Waals surface area contributed by atoms with Gasteiger partial charge in [0, 0.05) is 17.3 Å². The molecule has 4 fully saturated rings. The largest absolute Gasteiger partial charge is 0.456 e. The van der Waals surface area contributed by atoms with Gasteiger partial charge in [0.1, 0.15) is 10.7 Å². The lowest BCUT2D eigenvalue weighted by atomic mass is 9.48.